The molecule has 1 aromatic heterocycles. The number of halogens is 2. The first kappa shape index (κ1) is 14.1. The van der Waals surface area contributed by atoms with Gasteiger partial charge in [-0.25, -0.2) is 9.37 Å². The SMILES string of the molecule is Cc1cc2c(cc1F)nc(CCl)n2-c1cccc(C)c1C. The molecule has 0 saturated heterocycles. The molecule has 0 radical (unpaired) electrons. The third-order valence-corrected chi connectivity index (χ3v) is 4.18. The van der Waals surface area contributed by atoms with Gasteiger partial charge in [0.05, 0.1) is 22.6 Å². The van der Waals surface area contributed by atoms with Crippen LogP contribution < -0.4 is 0 Å². The van der Waals surface area contributed by atoms with E-state index in [1.54, 1.807) is 6.92 Å². The van der Waals surface area contributed by atoms with Crippen molar-refractivity contribution in [3.63, 3.8) is 0 Å². The van der Waals surface area contributed by atoms with E-state index < -0.39 is 0 Å². The van der Waals surface area contributed by atoms with Crippen molar-refractivity contribution < 1.29 is 4.39 Å². The molecular formula is C17H16ClFN2. The van der Waals surface area contributed by atoms with Crippen LogP contribution in [-0.2, 0) is 5.88 Å². The molecule has 0 saturated carbocycles. The minimum absolute atomic E-state index is 0.241. The Bertz CT molecular complexity index is 836. The third-order valence-electron chi connectivity index (χ3n) is 3.94. The van der Waals surface area contributed by atoms with E-state index in [1.165, 1.54) is 17.2 Å². The van der Waals surface area contributed by atoms with Crippen molar-refractivity contribution in [2.75, 3.05) is 0 Å². The highest BCUT2D eigenvalue weighted by atomic mass is 35.5. The molecule has 0 atom stereocenters. The molecule has 0 bridgehead atoms. The lowest BCUT2D eigenvalue weighted by Gasteiger charge is -2.13. The Morgan fingerprint density at radius 3 is 2.62 bits per heavy atom. The summed E-state index contributed by atoms with van der Waals surface area (Å²) in [7, 11) is 0. The molecule has 4 heteroatoms. The summed E-state index contributed by atoms with van der Waals surface area (Å²) in [4.78, 5) is 4.47. The zero-order valence-corrected chi connectivity index (χ0v) is 13.0. The van der Waals surface area contributed by atoms with Crippen molar-refractivity contribution in [2.24, 2.45) is 0 Å². The average Bonchev–Trinajstić information content (AvgIpc) is 2.80. The van der Waals surface area contributed by atoms with Crippen molar-refractivity contribution in [3.05, 3.63) is 58.7 Å². The number of nitrogens with zero attached hydrogens (tertiary/aromatic N) is 2. The van der Waals surface area contributed by atoms with Gasteiger partial charge in [0, 0.05) is 6.07 Å². The van der Waals surface area contributed by atoms with Gasteiger partial charge in [0.2, 0.25) is 0 Å². The fraction of sp³-hybridized carbons (Fsp3) is 0.235. The van der Waals surface area contributed by atoms with Crippen LogP contribution in [0.4, 0.5) is 4.39 Å². The largest absolute Gasteiger partial charge is 0.295 e. The number of fused-ring (bicyclic) bond motifs is 1. The minimum atomic E-state index is -0.241. The fourth-order valence-electron chi connectivity index (χ4n) is 2.59. The van der Waals surface area contributed by atoms with Crippen molar-refractivity contribution in [2.45, 2.75) is 26.7 Å². The lowest BCUT2D eigenvalue weighted by atomic mass is 10.1. The molecule has 2 aromatic carbocycles. The van der Waals surface area contributed by atoms with Crippen LogP contribution in [0.5, 0.6) is 0 Å². The maximum atomic E-state index is 13.8. The first-order valence-corrected chi connectivity index (χ1v) is 7.36. The molecule has 3 rings (SSSR count). The van der Waals surface area contributed by atoms with Gasteiger partial charge in [-0.1, -0.05) is 12.1 Å². The lowest BCUT2D eigenvalue weighted by Crippen LogP contribution is -2.02. The maximum Gasteiger partial charge on any atom is 0.129 e. The van der Waals surface area contributed by atoms with Gasteiger partial charge in [0.1, 0.15) is 11.6 Å². The van der Waals surface area contributed by atoms with Gasteiger partial charge in [-0.15, -0.1) is 11.6 Å². The zero-order valence-electron chi connectivity index (χ0n) is 12.2. The van der Waals surface area contributed by atoms with Crippen LogP contribution in [0, 0.1) is 26.6 Å². The van der Waals surface area contributed by atoms with Gasteiger partial charge in [0.25, 0.3) is 0 Å². The van der Waals surface area contributed by atoms with Crippen LogP contribution in [0.15, 0.2) is 30.3 Å². The van der Waals surface area contributed by atoms with E-state index >= 15 is 0 Å². The van der Waals surface area contributed by atoms with E-state index in [-0.39, 0.29) is 11.7 Å². The highest BCUT2D eigenvalue weighted by molar-refractivity contribution is 6.17. The molecule has 1 heterocycles. The molecule has 0 N–H and O–H groups in total. The number of alkyl halides is 1. The van der Waals surface area contributed by atoms with Crippen LogP contribution >= 0.6 is 11.6 Å². The first-order chi connectivity index (χ1) is 10.0. The molecule has 0 aliphatic carbocycles. The van der Waals surface area contributed by atoms with E-state index in [0.717, 1.165) is 17.0 Å². The van der Waals surface area contributed by atoms with Gasteiger partial charge >= 0.3 is 0 Å². The summed E-state index contributed by atoms with van der Waals surface area (Å²) in [5.41, 5.74) is 5.54. The Kier molecular flexibility index (Phi) is 3.46. The zero-order chi connectivity index (χ0) is 15.1. The van der Waals surface area contributed by atoms with E-state index in [0.29, 0.717) is 11.1 Å². The van der Waals surface area contributed by atoms with Crippen molar-refractivity contribution in [1.29, 1.82) is 0 Å². The van der Waals surface area contributed by atoms with E-state index in [1.807, 2.05) is 22.8 Å². The van der Waals surface area contributed by atoms with Crippen LogP contribution in [0.2, 0.25) is 0 Å². The number of hydrogen-bond acceptors (Lipinski definition) is 1. The normalized spacial score (nSPS) is 11.3. The molecular weight excluding hydrogens is 287 g/mol. The van der Waals surface area contributed by atoms with Crippen LogP contribution in [-0.4, -0.2) is 9.55 Å². The molecule has 21 heavy (non-hydrogen) atoms. The Morgan fingerprint density at radius 2 is 1.90 bits per heavy atom. The smallest absolute Gasteiger partial charge is 0.129 e. The summed E-state index contributed by atoms with van der Waals surface area (Å²) in [5, 5.41) is 0. The molecule has 3 aromatic rings. The standard InChI is InChI=1S/C17H16ClFN2/c1-10-5-4-6-15(12(10)3)21-16-7-11(2)13(19)8-14(16)20-17(21)9-18/h4-8H,9H2,1-3H3. The molecule has 0 fully saturated rings. The monoisotopic (exact) mass is 302 g/mol. The Morgan fingerprint density at radius 1 is 1.14 bits per heavy atom. The summed E-state index contributed by atoms with van der Waals surface area (Å²) >= 11 is 6.05. The number of benzene rings is 2. The topological polar surface area (TPSA) is 17.8 Å². The van der Waals surface area contributed by atoms with Crippen molar-refractivity contribution >= 4 is 22.6 Å². The third kappa shape index (κ3) is 2.22. The van der Waals surface area contributed by atoms with E-state index in [9.17, 15) is 4.39 Å². The fourth-order valence-corrected chi connectivity index (χ4v) is 2.77. The van der Waals surface area contributed by atoms with Gasteiger partial charge in [-0.05, 0) is 49.6 Å². The summed E-state index contributed by atoms with van der Waals surface area (Å²) in [6.07, 6.45) is 0. The van der Waals surface area contributed by atoms with Gasteiger partial charge < -0.3 is 0 Å². The molecule has 0 amide bonds. The average molecular weight is 303 g/mol. The van der Waals surface area contributed by atoms with Gasteiger partial charge in [-0.2, -0.15) is 0 Å². The number of rotatable bonds is 2. The molecule has 0 aliphatic heterocycles. The Balaban J connectivity index is 2.40. The quantitative estimate of drug-likeness (QED) is 0.620. The lowest BCUT2D eigenvalue weighted by molar-refractivity contribution is 0.620. The molecule has 108 valence electrons. The molecule has 0 aliphatic rings. The maximum absolute atomic E-state index is 13.8. The highest BCUT2D eigenvalue weighted by Gasteiger charge is 2.15. The van der Waals surface area contributed by atoms with Crippen LogP contribution in [0.3, 0.4) is 0 Å². The number of hydrogen-bond donors (Lipinski definition) is 0. The first-order valence-electron chi connectivity index (χ1n) is 6.83. The minimum Gasteiger partial charge on any atom is -0.295 e. The summed E-state index contributed by atoms with van der Waals surface area (Å²) < 4.78 is 15.8. The molecule has 0 spiro atoms. The number of imidazole rings is 1. The second-order valence-electron chi connectivity index (χ2n) is 5.31. The molecule has 2 nitrogen and oxygen atoms in total. The van der Waals surface area contributed by atoms with Crippen LogP contribution in [0.25, 0.3) is 16.7 Å². The Hall–Kier alpha value is -1.87. The summed E-state index contributed by atoms with van der Waals surface area (Å²) in [6.45, 7) is 5.91. The number of aromatic nitrogens is 2. The van der Waals surface area contributed by atoms with E-state index in [4.69, 9.17) is 11.6 Å². The van der Waals surface area contributed by atoms with Crippen molar-refractivity contribution in [1.82, 2.24) is 9.55 Å². The summed E-state index contributed by atoms with van der Waals surface area (Å²) in [6, 6.07) is 9.43. The number of aryl methyl sites for hydroxylation is 2. The summed E-state index contributed by atoms with van der Waals surface area (Å²) in [5.74, 6) is 0.766. The van der Waals surface area contributed by atoms with Crippen molar-refractivity contribution in [3.8, 4) is 5.69 Å². The second kappa shape index (κ2) is 5.15. The van der Waals surface area contributed by atoms with Crippen LogP contribution in [0.1, 0.15) is 22.5 Å². The van der Waals surface area contributed by atoms with E-state index in [2.05, 4.69) is 24.9 Å². The Labute approximate surface area is 128 Å². The molecule has 0 unspecified atom stereocenters. The second-order valence-corrected chi connectivity index (χ2v) is 5.57. The van der Waals surface area contributed by atoms with Gasteiger partial charge in [0.15, 0.2) is 0 Å². The van der Waals surface area contributed by atoms with Gasteiger partial charge in [-0.3, -0.25) is 4.57 Å². The predicted molar refractivity (Wildman–Crippen MR) is 84.8 cm³/mol. The highest BCUT2D eigenvalue weighted by Crippen LogP contribution is 2.27. The predicted octanol–water partition coefficient (Wildman–Crippen LogP) is 4.83.